The van der Waals surface area contributed by atoms with Crippen molar-refractivity contribution in [3.8, 4) is 17.2 Å². The molecule has 0 unspecified atom stereocenters. The highest BCUT2D eigenvalue weighted by molar-refractivity contribution is 7.89. The maximum Gasteiger partial charge on any atom is 0.323 e. The molecule has 0 radical (unpaired) electrons. The van der Waals surface area contributed by atoms with Gasteiger partial charge in [0.1, 0.15) is 11.9 Å². The minimum absolute atomic E-state index is 0.0192. The molecule has 0 spiro atoms. The standard InChI is InChI=1S/C30H34N4O8S/c1-19-15-34(20(2)17-35)29(36)24-13-21(31-30(37)32-22-10-12-26-27(14-22)41-18-40-26)9-11-25(24)42-28(19)16-33(3)43(38,39)23-7-5-4-6-8-23/h4-14,19-20,28,35H,15-18H2,1-3H3,(H2,31,32,37)/t19-,20+,28+/m1/s1. The van der Waals surface area contributed by atoms with Gasteiger partial charge in [0.15, 0.2) is 11.5 Å². The van der Waals surface area contributed by atoms with Crippen LogP contribution in [0, 0.1) is 5.92 Å². The van der Waals surface area contributed by atoms with Gasteiger partial charge in [-0.2, -0.15) is 4.31 Å². The molecule has 0 fully saturated rings. The number of rotatable bonds is 8. The van der Waals surface area contributed by atoms with E-state index in [-0.39, 0.29) is 54.5 Å². The SMILES string of the molecule is C[C@@H]1CN([C@@H](C)CO)C(=O)c2cc(NC(=O)Nc3ccc4c(c3)OCO4)ccc2O[C@H]1CN(C)S(=O)(=O)c1ccccc1. The first-order valence-corrected chi connectivity index (χ1v) is 15.2. The van der Waals surface area contributed by atoms with Crippen LogP contribution in [0.4, 0.5) is 16.2 Å². The van der Waals surface area contributed by atoms with E-state index < -0.39 is 28.2 Å². The summed E-state index contributed by atoms with van der Waals surface area (Å²) in [5.74, 6) is 0.677. The van der Waals surface area contributed by atoms with E-state index in [9.17, 15) is 23.1 Å². The van der Waals surface area contributed by atoms with Gasteiger partial charge in [0.2, 0.25) is 16.8 Å². The number of sulfonamides is 1. The zero-order chi connectivity index (χ0) is 30.7. The Bertz CT molecular complexity index is 1600. The fourth-order valence-corrected chi connectivity index (χ4v) is 6.11. The number of anilines is 2. The largest absolute Gasteiger partial charge is 0.488 e. The molecule has 0 saturated carbocycles. The predicted molar refractivity (Wildman–Crippen MR) is 159 cm³/mol. The Balaban J connectivity index is 1.38. The van der Waals surface area contributed by atoms with Crippen molar-refractivity contribution in [1.82, 2.24) is 9.21 Å². The minimum atomic E-state index is -3.79. The molecule has 3 aromatic rings. The average molecular weight is 611 g/mol. The molecule has 3 amide bonds. The van der Waals surface area contributed by atoms with Crippen molar-refractivity contribution in [2.45, 2.75) is 30.9 Å². The summed E-state index contributed by atoms with van der Waals surface area (Å²) in [6, 6.07) is 16.8. The lowest BCUT2D eigenvalue weighted by molar-refractivity contribution is 0.0387. The number of benzene rings is 3. The summed E-state index contributed by atoms with van der Waals surface area (Å²) in [6.45, 7) is 3.68. The maximum atomic E-state index is 13.7. The Hall–Kier alpha value is -4.33. The maximum absolute atomic E-state index is 13.7. The molecule has 3 atom stereocenters. The topological polar surface area (TPSA) is 147 Å². The van der Waals surface area contributed by atoms with Crippen LogP contribution in [0.5, 0.6) is 17.2 Å². The van der Waals surface area contributed by atoms with Crippen molar-refractivity contribution in [2.24, 2.45) is 5.92 Å². The number of carbonyl (C=O) groups excluding carboxylic acids is 2. The van der Waals surface area contributed by atoms with Crippen LogP contribution in [-0.2, 0) is 10.0 Å². The van der Waals surface area contributed by atoms with E-state index in [0.29, 0.717) is 22.9 Å². The molecule has 2 heterocycles. The molecular weight excluding hydrogens is 576 g/mol. The van der Waals surface area contributed by atoms with E-state index in [4.69, 9.17) is 14.2 Å². The van der Waals surface area contributed by atoms with Crippen LogP contribution < -0.4 is 24.8 Å². The molecule has 13 heteroatoms. The summed E-state index contributed by atoms with van der Waals surface area (Å²) in [4.78, 5) is 28.2. The average Bonchev–Trinajstić information content (AvgIpc) is 3.47. The third kappa shape index (κ3) is 6.53. The zero-order valence-corrected chi connectivity index (χ0v) is 24.8. The van der Waals surface area contributed by atoms with Crippen molar-refractivity contribution in [3.05, 3.63) is 72.3 Å². The molecule has 3 N–H and O–H groups in total. The second-order valence-electron chi connectivity index (χ2n) is 10.6. The molecular formula is C30H34N4O8S. The number of carbonyl (C=O) groups is 2. The highest BCUT2D eigenvalue weighted by Gasteiger charge is 2.35. The number of ether oxygens (including phenoxy) is 3. The number of urea groups is 1. The normalized spacial score (nSPS) is 18.7. The van der Waals surface area contributed by atoms with Crippen LogP contribution in [0.2, 0.25) is 0 Å². The second-order valence-corrected chi connectivity index (χ2v) is 12.6. The molecule has 0 bridgehead atoms. The number of hydrogen-bond acceptors (Lipinski definition) is 8. The van der Waals surface area contributed by atoms with E-state index in [1.807, 2.05) is 6.92 Å². The summed E-state index contributed by atoms with van der Waals surface area (Å²) in [5.41, 5.74) is 0.993. The van der Waals surface area contributed by atoms with Gasteiger partial charge in [-0.15, -0.1) is 0 Å². The van der Waals surface area contributed by atoms with Crippen LogP contribution in [0.3, 0.4) is 0 Å². The predicted octanol–water partition coefficient (Wildman–Crippen LogP) is 3.60. The van der Waals surface area contributed by atoms with Gasteiger partial charge in [0.25, 0.3) is 5.91 Å². The third-order valence-electron chi connectivity index (χ3n) is 7.44. The summed E-state index contributed by atoms with van der Waals surface area (Å²) in [7, 11) is -2.30. The number of fused-ring (bicyclic) bond motifs is 2. The van der Waals surface area contributed by atoms with Crippen molar-refractivity contribution in [2.75, 3.05) is 44.2 Å². The van der Waals surface area contributed by atoms with Gasteiger partial charge in [-0.25, -0.2) is 13.2 Å². The van der Waals surface area contributed by atoms with Crippen molar-refractivity contribution >= 4 is 33.3 Å². The van der Waals surface area contributed by atoms with Crippen LogP contribution in [0.25, 0.3) is 0 Å². The van der Waals surface area contributed by atoms with E-state index in [1.54, 1.807) is 60.4 Å². The van der Waals surface area contributed by atoms with Gasteiger partial charge in [-0.1, -0.05) is 25.1 Å². The monoisotopic (exact) mass is 610 g/mol. The van der Waals surface area contributed by atoms with Crippen molar-refractivity contribution in [3.63, 3.8) is 0 Å². The second kappa shape index (κ2) is 12.5. The molecule has 228 valence electrons. The number of aliphatic hydroxyl groups excluding tert-OH is 1. The number of nitrogens with one attached hydrogen (secondary N) is 2. The Morgan fingerprint density at radius 2 is 1.67 bits per heavy atom. The number of aliphatic hydroxyl groups is 1. The van der Waals surface area contributed by atoms with Crippen LogP contribution >= 0.6 is 0 Å². The Kier molecular flexibility index (Phi) is 8.76. The Morgan fingerprint density at radius 3 is 2.37 bits per heavy atom. The van der Waals surface area contributed by atoms with Crippen molar-refractivity contribution < 1.29 is 37.3 Å². The third-order valence-corrected chi connectivity index (χ3v) is 9.28. The number of nitrogens with zero attached hydrogens (tertiary/aromatic N) is 2. The lowest BCUT2D eigenvalue weighted by Gasteiger charge is -2.38. The zero-order valence-electron chi connectivity index (χ0n) is 24.0. The molecule has 5 rings (SSSR count). The van der Waals surface area contributed by atoms with Crippen molar-refractivity contribution in [1.29, 1.82) is 0 Å². The number of amides is 3. The van der Waals surface area contributed by atoms with Gasteiger partial charge in [0, 0.05) is 37.0 Å². The summed E-state index contributed by atoms with van der Waals surface area (Å²) < 4.78 is 44.7. The fraction of sp³-hybridized carbons (Fsp3) is 0.333. The molecule has 3 aromatic carbocycles. The van der Waals surface area contributed by atoms with E-state index >= 15 is 0 Å². The molecule has 0 saturated heterocycles. The highest BCUT2D eigenvalue weighted by Crippen LogP contribution is 2.35. The summed E-state index contributed by atoms with van der Waals surface area (Å²) in [6.07, 6.45) is -0.628. The fourth-order valence-electron chi connectivity index (χ4n) is 4.91. The molecule has 2 aliphatic rings. The summed E-state index contributed by atoms with van der Waals surface area (Å²) in [5, 5.41) is 15.4. The Labute approximate surface area is 250 Å². The van der Waals surface area contributed by atoms with E-state index in [0.717, 1.165) is 0 Å². The Morgan fingerprint density at radius 1 is 1.02 bits per heavy atom. The molecule has 43 heavy (non-hydrogen) atoms. The van der Waals surface area contributed by atoms with Gasteiger partial charge in [-0.3, -0.25) is 4.79 Å². The van der Waals surface area contributed by atoms with E-state index in [1.165, 1.54) is 29.6 Å². The summed E-state index contributed by atoms with van der Waals surface area (Å²) >= 11 is 0. The first-order valence-electron chi connectivity index (χ1n) is 13.8. The first-order chi connectivity index (χ1) is 20.6. The molecule has 0 aromatic heterocycles. The van der Waals surface area contributed by atoms with Gasteiger partial charge in [-0.05, 0) is 49.4 Å². The van der Waals surface area contributed by atoms with Crippen LogP contribution in [0.15, 0.2) is 71.6 Å². The lowest BCUT2D eigenvalue weighted by atomic mass is 9.99. The highest BCUT2D eigenvalue weighted by atomic mass is 32.2. The minimum Gasteiger partial charge on any atom is -0.488 e. The van der Waals surface area contributed by atoms with Crippen LogP contribution in [0.1, 0.15) is 24.2 Å². The molecule has 12 nitrogen and oxygen atoms in total. The first kappa shape index (κ1) is 30.1. The van der Waals surface area contributed by atoms with Crippen LogP contribution in [-0.4, -0.2) is 80.4 Å². The smallest absolute Gasteiger partial charge is 0.323 e. The van der Waals surface area contributed by atoms with Gasteiger partial charge in [0.05, 0.1) is 29.7 Å². The molecule has 2 aliphatic heterocycles. The lowest BCUT2D eigenvalue weighted by Crippen LogP contribution is -2.50. The van der Waals surface area contributed by atoms with E-state index in [2.05, 4.69) is 10.6 Å². The molecule has 0 aliphatic carbocycles. The van der Waals surface area contributed by atoms with Gasteiger partial charge >= 0.3 is 6.03 Å². The number of hydrogen-bond donors (Lipinski definition) is 3. The quantitative estimate of drug-likeness (QED) is 0.351. The van der Waals surface area contributed by atoms with Gasteiger partial charge < -0.3 is 34.9 Å². The number of likely N-dealkylation sites (N-methyl/N-ethyl adjacent to an activating group) is 1.